The topological polar surface area (TPSA) is 42.9 Å². The molecule has 2 aromatic heterocycles. The van der Waals surface area contributed by atoms with E-state index >= 15 is 0 Å². The number of carbonyl (C=O) groups excluding carboxylic acids is 1. The Kier molecular flexibility index (Phi) is 3.25. The molecule has 0 amide bonds. The van der Waals surface area contributed by atoms with Gasteiger partial charge >= 0.3 is 0 Å². The Labute approximate surface area is 117 Å². The smallest absolute Gasteiger partial charge is 0.194 e. The number of aromatic nitrogens is 2. The zero-order chi connectivity index (χ0) is 13.9. The van der Waals surface area contributed by atoms with Gasteiger partial charge in [0.05, 0.1) is 5.52 Å². The molecule has 0 N–H and O–H groups in total. The molecule has 3 nitrogen and oxygen atoms in total. The predicted molar refractivity (Wildman–Crippen MR) is 78.8 cm³/mol. The van der Waals surface area contributed by atoms with Crippen molar-refractivity contribution in [2.45, 2.75) is 13.3 Å². The van der Waals surface area contributed by atoms with Crippen molar-refractivity contribution in [2.75, 3.05) is 0 Å². The van der Waals surface area contributed by atoms with Gasteiger partial charge in [0.1, 0.15) is 0 Å². The summed E-state index contributed by atoms with van der Waals surface area (Å²) in [6, 6.07) is 11.2. The average molecular weight is 262 g/mol. The van der Waals surface area contributed by atoms with Gasteiger partial charge in [-0.25, -0.2) is 0 Å². The molecule has 0 saturated heterocycles. The molecule has 2 heterocycles. The lowest BCUT2D eigenvalue weighted by Crippen LogP contribution is -2.06. The molecule has 0 aliphatic rings. The van der Waals surface area contributed by atoms with Crippen LogP contribution in [0, 0.1) is 0 Å². The Morgan fingerprint density at radius 3 is 2.80 bits per heavy atom. The maximum atomic E-state index is 12.8. The maximum absolute atomic E-state index is 12.8. The van der Waals surface area contributed by atoms with Crippen molar-refractivity contribution < 1.29 is 4.79 Å². The molecule has 3 aromatic rings. The molecule has 0 saturated carbocycles. The highest BCUT2D eigenvalue weighted by atomic mass is 16.1. The summed E-state index contributed by atoms with van der Waals surface area (Å²) in [6.45, 7) is 2.03. The van der Waals surface area contributed by atoms with Crippen LogP contribution in [-0.4, -0.2) is 15.8 Å². The maximum Gasteiger partial charge on any atom is 0.194 e. The van der Waals surface area contributed by atoms with Crippen LogP contribution in [0.25, 0.3) is 10.9 Å². The number of fused-ring (bicyclic) bond motifs is 1. The lowest BCUT2D eigenvalue weighted by atomic mass is 9.96. The van der Waals surface area contributed by atoms with Gasteiger partial charge in [0.25, 0.3) is 0 Å². The highest BCUT2D eigenvalue weighted by molar-refractivity contribution is 6.16. The molecule has 0 atom stereocenters. The van der Waals surface area contributed by atoms with Crippen LogP contribution in [0.1, 0.15) is 28.4 Å². The number of hydrogen-bond acceptors (Lipinski definition) is 3. The minimum atomic E-state index is 0.0304. The average Bonchev–Trinajstić information content (AvgIpc) is 2.53. The van der Waals surface area contributed by atoms with Gasteiger partial charge < -0.3 is 0 Å². The van der Waals surface area contributed by atoms with E-state index in [1.54, 1.807) is 24.7 Å². The third-order valence-electron chi connectivity index (χ3n) is 3.42. The first-order valence-electron chi connectivity index (χ1n) is 6.62. The second-order valence-corrected chi connectivity index (χ2v) is 4.59. The Morgan fingerprint density at radius 1 is 1.05 bits per heavy atom. The van der Waals surface area contributed by atoms with E-state index in [1.807, 2.05) is 37.3 Å². The number of ketones is 1. The van der Waals surface area contributed by atoms with E-state index in [2.05, 4.69) is 9.97 Å². The monoisotopic (exact) mass is 262 g/mol. The Bertz CT molecular complexity index is 775. The van der Waals surface area contributed by atoms with Crippen molar-refractivity contribution in [1.29, 1.82) is 0 Å². The van der Waals surface area contributed by atoms with Crippen molar-refractivity contribution in [1.82, 2.24) is 9.97 Å². The number of nitrogens with zero attached hydrogens (tertiary/aromatic N) is 2. The van der Waals surface area contributed by atoms with Gasteiger partial charge in [0.15, 0.2) is 5.78 Å². The lowest BCUT2D eigenvalue weighted by Gasteiger charge is -2.08. The van der Waals surface area contributed by atoms with E-state index in [1.165, 1.54) is 0 Å². The standard InChI is InChI=1S/C17H14N2O/c1-2-12-11-18-10-8-13(12)17(20)15-5-3-7-16-14(15)6-4-9-19-16/h3-11H,2H2,1H3. The van der Waals surface area contributed by atoms with Gasteiger partial charge in [-0.15, -0.1) is 0 Å². The zero-order valence-corrected chi connectivity index (χ0v) is 11.2. The summed E-state index contributed by atoms with van der Waals surface area (Å²) in [4.78, 5) is 21.2. The third kappa shape index (κ3) is 2.07. The van der Waals surface area contributed by atoms with Crippen molar-refractivity contribution >= 4 is 16.7 Å². The van der Waals surface area contributed by atoms with Gasteiger partial charge in [-0.3, -0.25) is 14.8 Å². The molecule has 0 spiro atoms. The second kappa shape index (κ2) is 5.21. The first-order valence-corrected chi connectivity index (χ1v) is 6.62. The van der Waals surface area contributed by atoms with Crippen molar-refractivity contribution in [3.05, 3.63) is 71.7 Å². The van der Waals surface area contributed by atoms with E-state index in [4.69, 9.17) is 0 Å². The van der Waals surface area contributed by atoms with Gasteiger partial charge in [-0.1, -0.05) is 25.1 Å². The van der Waals surface area contributed by atoms with Crippen LogP contribution < -0.4 is 0 Å². The molecule has 0 unspecified atom stereocenters. The number of carbonyl (C=O) groups is 1. The number of aryl methyl sites for hydroxylation is 1. The fraction of sp³-hybridized carbons (Fsp3) is 0.118. The van der Waals surface area contributed by atoms with Crippen LogP contribution in [0.5, 0.6) is 0 Å². The van der Waals surface area contributed by atoms with E-state index in [0.717, 1.165) is 28.5 Å². The quantitative estimate of drug-likeness (QED) is 0.679. The van der Waals surface area contributed by atoms with E-state index < -0.39 is 0 Å². The van der Waals surface area contributed by atoms with Crippen molar-refractivity contribution in [3.8, 4) is 0 Å². The summed E-state index contributed by atoms with van der Waals surface area (Å²) in [5, 5.41) is 0.888. The first kappa shape index (κ1) is 12.5. The number of hydrogen-bond donors (Lipinski definition) is 0. The number of rotatable bonds is 3. The highest BCUT2D eigenvalue weighted by Crippen LogP contribution is 2.21. The highest BCUT2D eigenvalue weighted by Gasteiger charge is 2.15. The molecule has 3 heteroatoms. The van der Waals surface area contributed by atoms with Gasteiger partial charge in [0, 0.05) is 35.1 Å². The number of pyridine rings is 2. The molecule has 0 fully saturated rings. The number of benzene rings is 1. The SMILES string of the molecule is CCc1cnccc1C(=O)c1cccc2ncccc12. The summed E-state index contributed by atoms with van der Waals surface area (Å²) >= 11 is 0. The Hall–Kier alpha value is -2.55. The molecule has 1 aromatic carbocycles. The van der Waals surface area contributed by atoms with Gasteiger partial charge in [-0.2, -0.15) is 0 Å². The van der Waals surface area contributed by atoms with Crippen molar-refractivity contribution in [3.63, 3.8) is 0 Å². The van der Waals surface area contributed by atoms with Crippen LogP contribution in [0.2, 0.25) is 0 Å². The Morgan fingerprint density at radius 2 is 1.95 bits per heavy atom. The summed E-state index contributed by atoms with van der Waals surface area (Å²) in [5.41, 5.74) is 3.22. The van der Waals surface area contributed by atoms with Gasteiger partial charge in [0.2, 0.25) is 0 Å². The molecular formula is C17H14N2O. The van der Waals surface area contributed by atoms with Crippen LogP contribution in [-0.2, 0) is 6.42 Å². The summed E-state index contributed by atoms with van der Waals surface area (Å²) in [6.07, 6.45) is 5.95. The largest absolute Gasteiger partial charge is 0.289 e. The van der Waals surface area contributed by atoms with Crippen molar-refractivity contribution in [2.24, 2.45) is 0 Å². The first-order chi connectivity index (χ1) is 9.81. The van der Waals surface area contributed by atoms with E-state index in [-0.39, 0.29) is 5.78 Å². The molecule has 0 aliphatic heterocycles. The molecular weight excluding hydrogens is 248 g/mol. The summed E-state index contributed by atoms with van der Waals surface area (Å²) < 4.78 is 0. The van der Waals surface area contributed by atoms with Crippen LogP contribution in [0.4, 0.5) is 0 Å². The molecule has 98 valence electrons. The molecule has 0 aliphatic carbocycles. The minimum Gasteiger partial charge on any atom is -0.289 e. The normalized spacial score (nSPS) is 10.7. The lowest BCUT2D eigenvalue weighted by molar-refractivity contribution is 0.103. The summed E-state index contributed by atoms with van der Waals surface area (Å²) in [7, 11) is 0. The van der Waals surface area contributed by atoms with Crippen LogP contribution in [0.3, 0.4) is 0 Å². The van der Waals surface area contributed by atoms with Crippen LogP contribution >= 0.6 is 0 Å². The fourth-order valence-corrected chi connectivity index (χ4v) is 2.38. The summed E-state index contributed by atoms with van der Waals surface area (Å²) in [5.74, 6) is 0.0304. The van der Waals surface area contributed by atoms with Gasteiger partial charge in [-0.05, 0) is 30.2 Å². The zero-order valence-electron chi connectivity index (χ0n) is 11.2. The second-order valence-electron chi connectivity index (χ2n) is 4.59. The predicted octanol–water partition coefficient (Wildman–Crippen LogP) is 3.42. The van der Waals surface area contributed by atoms with Crippen LogP contribution in [0.15, 0.2) is 55.0 Å². The minimum absolute atomic E-state index is 0.0304. The van der Waals surface area contributed by atoms with E-state index in [9.17, 15) is 4.79 Å². The third-order valence-corrected chi connectivity index (χ3v) is 3.42. The Balaban J connectivity index is 2.18. The molecule has 3 rings (SSSR count). The molecule has 0 bridgehead atoms. The molecule has 20 heavy (non-hydrogen) atoms. The molecule has 0 radical (unpaired) electrons. The van der Waals surface area contributed by atoms with E-state index in [0.29, 0.717) is 5.56 Å². The fourth-order valence-electron chi connectivity index (χ4n) is 2.38.